The zero-order chi connectivity index (χ0) is 17.8. The van der Waals surface area contributed by atoms with Gasteiger partial charge in [-0.3, -0.25) is 14.6 Å². The minimum Gasteiger partial charge on any atom is -0.353 e. The number of hydrogen-bond acceptors (Lipinski definition) is 5. The molecule has 3 heterocycles. The van der Waals surface area contributed by atoms with E-state index in [1.807, 2.05) is 23.1 Å². The Morgan fingerprint density at radius 3 is 2.64 bits per heavy atom. The van der Waals surface area contributed by atoms with Crippen molar-refractivity contribution in [2.24, 2.45) is 0 Å². The molecule has 2 aromatic heterocycles. The normalized spacial score (nSPS) is 14.6. The summed E-state index contributed by atoms with van der Waals surface area (Å²) < 4.78 is 0.309. The highest BCUT2D eigenvalue weighted by atomic mass is 32.1. The molecule has 1 amide bonds. The summed E-state index contributed by atoms with van der Waals surface area (Å²) in [6.45, 7) is 4.67. The molecule has 1 saturated heterocycles. The van der Waals surface area contributed by atoms with Gasteiger partial charge in [0.15, 0.2) is 4.77 Å². The largest absolute Gasteiger partial charge is 0.353 e. The van der Waals surface area contributed by atoms with Crippen LogP contribution in [0.15, 0.2) is 29.2 Å². The van der Waals surface area contributed by atoms with Gasteiger partial charge in [0.2, 0.25) is 5.91 Å². The molecule has 0 unspecified atom stereocenters. The van der Waals surface area contributed by atoms with E-state index in [0.717, 1.165) is 24.6 Å². The fraction of sp³-hybridized carbons (Fsp3) is 0.412. The van der Waals surface area contributed by atoms with Crippen LogP contribution in [0.25, 0.3) is 0 Å². The Morgan fingerprint density at radius 2 is 2.00 bits per heavy atom. The van der Waals surface area contributed by atoms with Crippen LogP contribution >= 0.6 is 12.2 Å². The lowest BCUT2D eigenvalue weighted by Gasteiger charge is -2.35. The maximum Gasteiger partial charge on any atom is 0.255 e. The number of nitrogens with zero attached hydrogens (tertiary/aromatic N) is 3. The Morgan fingerprint density at radius 1 is 1.24 bits per heavy atom. The van der Waals surface area contributed by atoms with Gasteiger partial charge in [0, 0.05) is 50.1 Å². The van der Waals surface area contributed by atoms with Crippen LogP contribution in [0, 0.1) is 11.7 Å². The molecule has 0 aromatic carbocycles. The van der Waals surface area contributed by atoms with E-state index in [4.69, 9.17) is 12.2 Å². The van der Waals surface area contributed by atoms with E-state index >= 15 is 0 Å². The highest BCUT2D eigenvalue weighted by molar-refractivity contribution is 7.71. The van der Waals surface area contributed by atoms with Crippen molar-refractivity contribution < 1.29 is 4.79 Å². The molecule has 1 fully saturated rings. The SMILES string of the molecule is Cc1[nH]c(=S)[nH]c(=O)c1CCC(=O)N1CCN(c2ccccn2)CC1. The van der Waals surface area contributed by atoms with Gasteiger partial charge in [-0.25, -0.2) is 4.98 Å². The van der Waals surface area contributed by atoms with Crippen LogP contribution < -0.4 is 10.5 Å². The molecule has 132 valence electrons. The van der Waals surface area contributed by atoms with Crippen molar-refractivity contribution in [2.45, 2.75) is 19.8 Å². The van der Waals surface area contributed by atoms with Crippen molar-refractivity contribution in [1.29, 1.82) is 0 Å². The standard InChI is InChI=1S/C17H21N5O2S/c1-12-13(16(24)20-17(25)19-12)5-6-15(23)22-10-8-21(9-11-22)14-4-2-3-7-18-14/h2-4,7H,5-6,8-11H2,1H3,(H2,19,20,24,25). The summed E-state index contributed by atoms with van der Waals surface area (Å²) in [5, 5.41) is 0. The van der Waals surface area contributed by atoms with Crippen LogP contribution in [-0.4, -0.2) is 51.9 Å². The van der Waals surface area contributed by atoms with Crippen molar-refractivity contribution >= 4 is 23.9 Å². The third-order valence-corrected chi connectivity index (χ3v) is 4.65. The second-order valence-electron chi connectivity index (χ2n) is 6.07. The minimum absolute atomic E-state index is 0.0712. The number of carbonyl (C=O) groups excluding carboxylic acids is 1. The third kappa shape index (κ3) is 4.14. The van der Waals surface area contributed by atoms with Crippen molar-refractivity contribution in [3.8, 4) is 0 Å². The molecule has 1 aliphatic heterocycles. The summed E-state index contributed by atoms with van der Waals surface area (Å²) >= 11 is 4.94. The first-order chi connectivity index (χ1) is 12.0. The van der Waals surface area contributed by atoms with Gasteiger partial charge < -0.3 is 14.8 Å². The van der Waals surface area contributed by atoms with Gasteiger partial charge in [0.25, 0.3) is 5.56 Å². The van der Waals surface area contributed by atoms with Gasteiger partial charge in [-0.15, -0.1) is 0 Å². The van der Waals surface area contributed by atoms with E-state index in [0.29, 0.717) is 36.3 Å². The lowest BCUT2D eigenvalue weighted by Crippen LogP contribution is -2.49. The summed E-state index contributed by atoms with van der Waals surface area (Å²) in [4.78, 5) is 38.3. The Bertz CT molecular complexity index is 853. The predicted octanol–water partition coefficient (Wildman–Crippen LogP) is 1.42. The zero-order valence-electron chi connectivity index (χ0n) is 14.1. The molecule has 3 rings (SSSR count). The number of aromatic nitrogens is 3. The van der Waals surface area contributed by atoms with Gasteiger partial charge in [0.05, 0.1) is 0 Å². The first-order valence-corrected chi connectivity index (χ1v) is 8.71. The Hall–Kier alpha value is -2.48. The maximum absolute atomic E-state index is 12.5. The summed E-state index contributed by atoms with van der Waals surface area (Å²) in [6, 6.07) is 5.83. The van der Waals surface area contributed by atoms with Crippen LogP contribution in [0.1, 0.15) is 17.7 Å². The van der Waals surface area contributed by atoms with Crippen LogP contribution in [0.5, 0.6) is 0 Å². The molecule has 7 nitrogen and oxygen atoms in total. The fourth-order valence-electron chi connectivity index (χ4n) is 3.04. The average molecular weight is 359 g/mol. The predicted molar refractivity (Wildman–Crippen MR) is 98.3 cm³/mol. The molecule has 0 radical (unpaired) electrons. The molecule has 0 bridgehead atoms. The first-order valence-electron chi connectivity index (χ1n) is 8.30. The van der Waals surface area contributed by atoms with Crippen LogP contribution in [0.2, 0.25) is 0 Å². The number of carbonyl (C=O) groups is 1. The van der Waals surface area contributed by atoms with Crippen LogP contribution in [0.4, 0.5) is 5.82 Å². The van der Waals surface area contributed by atoms with E-state index in [1.165, 1.54) is 0 Å². The Labute approximate surface area is 150 Å². The molecular weight excluding hydrogens is 338 g/mol. The van der Waals surface area contributed by atoms with Crippen molar-refractivity contribution in [3.05, 3.63) is 50.8 Å². The lowest BCUT2D eigenvalue weighted by molar-refractivity contribution is -0.131. The molecule has 0 saturated carbocycles. The summed E-state index contributed by atoms with van der Waals surface area (Å²) in [5.74, 6) is 1.01. The molecule has 25 heavy (non-hydrogen) atoms. The van der Waals surface area contributed by atoms with E-state index in [9.17, 15) is 9.59 Å². The van der Waals surface area contributed by atoms with Crippen LogP contribution in [-0.2, 0) is 11.2 Å². The molecule has 0 atom stereocenters. The van der Waals surface area contributed by atoms with E-state index < -0.39 is 0 Å². The van der Waals surface area contributed by atoms with E-state index in [2.05, 4.69) is 19.9 Å². The van der Waals surface area contributed by atoms with Crippen LogP contribution in [0.3, 0.4) is 0 Å². The molecule has 1 aliphatic rings. The topological polar surface area (TPSA) is 85.1 Å². The molecule has 2 N–H and O–H groups in total. The number of nitrogens with one attached hydrogen (secondary N) is 2. The summed E-state index contributed by atoms with van der Waals surface area (Å²) in [5.41, 5.74) is 1.10. The molecule has 0 spiro atoms. The summed E-state index contributed by atoms with van der Waals surface area (Å²) in [6.07, 6.45) is 2.50. The second kappa shape index (κ2) is 7.60. The Balaban J connectivity index is 1.55. The quantitative estimate of drug-likeness (QED) is 0.807. The molecule has 8 heteroatoms. The number of aryl methyl sites for hydroxylation is 1. The number of rotatable bonds is 4. The fourth-order valence-corrected chi connectivity index (χ4v) is 3.29. The van der Waals surface area contributed by atoms with Gasteiger partial charge in [-0.2, -0.15) is 0 Å². The first kappa shape index (κ1) is 17.3. The smallest absolute Gasteiger partial charge is 0.255 e. The molecule has 0 aliphatic carbocycles. The second-order valence-corrected chi connectivity index (χ2v) is 6.48. The number of H-pyrrole nitrogens is 2. The van der Waals surface area contributed by atoms with Gasteiger partial charge in [-0.1, -0.05) is 6.07 Å². The van der Waals surface area contributed by atoms with E-state index in [1.54, 1.807) is 13.1 Å². The average Bonchev–Trinajstić information content (AvgIpc) is 2.61. The molecular formula is C17H21N5O2S. The number of hydrogen-bond donors (Lipinski definition) is 2. The molecule has 2 aromatic rings. The van der Waals surface area contributed by atoms with Crippen molar-refractivity contribution in [1.82, 2.24) is 19.9 Å². The van der Waals surface area contributed by atoms with Gasteiger partial charge >= 0.3 is 0 Å². The zero-order valence-corrected chi connectivity index (χ0v) is 14.9. The number of piperazine rings is 1. The van der Waals surface area contributed by atoms with Crippen molar-refractivity contribution in [3.63, 3.8) is 0 Å². The highest BCUT2D eigenvalue weighted by Crippen LogP contribution is 2.13. The highest BCUT2D eigenvalue weighted by Gasteiger charge is 2.22. The number of amides is 1. The monoisotopic (exact) mass is 359 g/mol. The summed E-state index contributed by atoms with van der Waals surface area (Å²) in [7, 11) is 0. The number of pyridine rings is 1. The lowest BCUT2D eigenvalue weighted by atomic mass is 10.1. The number of aromatic amines is 2. The van der Waals surface area contributed by atoms with Gasteiger partial charge in [0.1, 0.15) is 5.82 Å². The maximum atomic E-state index is 12.5. The minimum atomic E-state index is -0.214. The van der Waals surface area contributed by atoms with Crippen molar-refractivity contribution in [2.75, 3.05) is 31.1 Å². The van der Waals surface area contributed by atoms with Gasteiger partial charge in [-0.05, 0) is 37.7 Å². The third-order valence-electron chi connectivity index (χ3n) is 4.45. The Kier molecular flexibility index (Phi) is 5.28. The van der Waals surface area contributed by atoms with E-state index in [-0.39, 0.29) is 11.5 Å². The number of anilines is 1.